The third-order valence-corrected chi connectivity index (χ3v) is 6.37. The highest BCUT2D eigenvalue weighted by molar-refractivity contribution is 6.10. The molecule has 7 heteroatoms. The van der Waals surface area contributed by atoms with Crippen molar-refractivity contribution in [1.82, 2.24) is 14.7 Å². The van der Waals surface area contributed by atoms with Gasteiger partial charge in [0.1, 0.15) is 0 Å². The average molecular weight is 415 g/mol. The Morgan fingerprint density at radius 1 is 0.903 bits per heavy atom. The van der Waals surface area contributed by atoms with Crippen LogP contribution >= 0.6 is 0 Å². The number of imide groups is 1. The Morgan fingerprint density at radius 3 is 2.23 bits per heavy atom. The minimum atomic E-state index is -0.544. The van der Waals surface area contributed by atoms with E-state index >= 15 is 0 Å². The highest BCUT2D eigenvalue weighted by Gasteiger charge is 2.55. The lowest BCUT2D eigenvalue weighted by atomic mass is 10.1. The van der Waals surface area contributed by atoms with Crippen LogP contribution in [0.3, 0.4) is 0 Å². The van der Waals surface area contributed by atoms with E-state index in [2.05, 4.69) is 4.90 Å². The molecule has 0 saturated carbocycles. The molecule has 1 saturated heterocycles. The number of hydrogen-bond acceptors (Lipinski definition) is 5. The zero-order chi connectivity index (χ0) is 21.7. The lowest BCUT2D eigenvalue weighted by Crippen LogP contribution is -2.64. The van der Waals surface area contributed by atoms with Crippen LogP contribution in [-0.2, 0) is 11.2 Å². The Labute approximate surface area is 181 Å². The van der Waals surface area contributed by atoms with Gasteiger partial charge in [0.15, 0.2) is 12.2 Å². The molecule has 158 valence electrons. The molecule has 0 N–H and O–H groups in total. The molecule has 5 rings (SSSR count). The fourth-order valence-corrected chi connectivity index (χ4v) is 4.59. The molecule has 3 aliphatic heterocycles. The fourth-order valence-electron chi connectivity index (χ4n) is 4.59. The summed E-state index contributed by atoms with van der Waals surface area (Å²) in [5, 5.41) is 0. The molecule has 2 unspecified atom stereocenters. The molecule has 3 heterocycles. The second-order valence-corrected chi connectivity index (χ2v) is 8.12. The number of para-hydroxylation sites is 1. The van der Waals surface area contributed by atoms with Gasteiger partial charge in [-0.2, -0.15) is 0 Å². The second kappa shape index (κ2) is 7.27. The van der Waals surface area contributed by atoms with Crippen molar-refractivity contribution < 1.29 is 9.59 Å². The molecule has 0 aromatic heterocycles. The first-order valence-electron chi connectivity index (χ1n) is 10.5. The zero-order valence-electron chi connectivity index (χ0n) is 17.9. The summed E-state index contributed by atoms with van der Waals surface area (Å²) >= 11 is 0. The minimum absolute atomic E-state index is 0.190. The quantitative estimate of drug-likeness (QED) is 0.769. The maximum absolute atomic E-state index is 13.5. The van der Waals surface area contributed by atoms with Crippen LogP contribution in [0, 0.1) is 0 Å². The summed E-state index contributed by atoms with van der Waals surface area (Å²) in [4.78, 5) is 38.5. The van der Waals surface area contributed by atoms with Crippen molar-refractivity contribution in [2.45, 2.75) is 32.5 Å². The van der Waals surface area contributed by atoms with Crippen molar-refractivity contribution in [3.05, 3.63) is 77.6 Å². The summed E-state index contributed by atoms with van der Waals surface area (Å²) in [7, 11) is 1.73. The van der Waals surface area contributed by atoms with Gasteiger partial charge in [-0.25, -0.2) is 9.79 Å². The number of carbonyl (C=O) groups excluding carboxylic acids is 2. The summed E-state index contributed by atoms with van der Waals surface area (Å²) in [6.07, 6.45) is 0.0959. The van der Waals surface area contributed by atoms with Gasteiger partial charge in [-0.3, -0.25) is 19.5 Å². The number of hydrogen-bond donors (Lipinski definition) is 0. The number of urea groups is 1. The molecule has 0 aliphatic carbocycles. The van der Waals surface area contributed by atoms with Gasteiger partial charge < -0.3 is 4.90 Å². The highest BCUT2D eigenvalue weighted by atomic mass is 16.2. The molecule has 0 spiro atoms. The summed E-state index contributed by atoms with van der Waals surface area (Å²) in [6.45, 7) is 4.39. The van der Waals surface area contributed by atoms with Gasteiger partial charge in [-0.05, 0) is 38.0 Å². The van der Waals surface area contributed by atoms with E-state index in [0.717, 1.165) is 22.6 Å². The maximum atomic E-state index is 13.5. The lowest BCUT2D eigenvalue weighted by Gasteiger charge is -2.40. The number of fused-ring (bicyclic) bond motifs is 3. The number of rotatable bonds is 4. The van der Waals surface area contributed by atoms with Crippen molar-refractivity contribution in [2.75, 3.05) is 18.5 Å². The second-order valence-electron chi connectivity index (χ2n) is 8.12. The predicted octanol–water partition coefficient (Wildman–Crippen LogP) is 3.26. The van der Waals surface area contributed by atoms with Crippen LogP contribution in [0.5, 0.6) is 0 Å². The Balaban J connectivity index is 1.46. The summed E-state index contributed by atoms with van der Waals surface area (Å²) in [6, 6.07) is 19.1. The first-order chi connectivity index (χ1) is 15.0. The number of likely N-dealkylation sites (N-methyl/N-ethyl adjacent to an activating group) is 1. The van der Waals surface area contributed by atoms with Gasteiger partial charge in [0, 0.05) is 30.7 Å². The van der Waals surface area contributed by atoms with Crippen molar-refractivity contribution in [2.24, 2.45) is 4.99 Å². The first kappa shape index (κ1) is 19.4. The molecule has 2 aromatic carbocycles. The normalized spacial score (nSPS) is 22.9. The van der Waals surface area contributed by atoms with Crippen molar-refractivity contribution in [3.63, 3.8) is 0 Å². The molecule has 2 atom stereocenters. The molecule has 31 heavy (non-hydrogen) atoms. The monoisotopic (exact) mass is 415 g/mol. The van der Waals surface area contributed by atoms with Crippen molar-refractivity contribution >= 4 is 23.6 Å². The van der Waals surface area contributed by atoms with E-state index in [-0.39, 0.29) is 11.9 Å². The van der Waals surface area contributed by atoms with Gasteiger partial charge >= 0.3 is 6.03 Å². The number of aliphatic imine (C=N–C) groups is 1. The minimum Gasteiger partial charge on any atom is -0.302 e. The van der Waals surface area contributed by atoms with E-state index in [1.807, 2.05) is 79.4 Å². The number of amides is 3. The number of carbonyl (C=O) groups is 2. The van der Waals surface area contributed by atoms with Gasteiger partial charge in [0.05, 0.1) is 0 Å². The largest absolute Gasteiger partial charge is 0.328 e. The van der Waals surface area contributed by atoms with E-state index < -0.39 is 12.2 Å². The van der Waals surface area contributed by atoms with E-state index in [1.165, 1.54) is 4.90 Å². The predicted molar refractivity (Wildman–Crippen MR) is 119 cm³/mol. The Kier molecular flexibility index (Phi) is 4.54. The van der Waals surface area contributed by atoms with Crippen molar-refractivity contribution in [3.8, 4) is 0 Å². The average Bonchev–Trinajstić information content (AvgIpc) is 3.29. The smallest absolute Gasteiger partial charge is 0.302 e. The fraction of sp³-hybridized carbons (Fsp3) is 0.292. The van der Waals surface area contributed by atoms with Crippen LogP contribution in [0.1, 0.15) is 19.4 Å². The van der Waals surface area contributed by atoms with E-state index in [0.29, 0.717) is 18.9 Å². The summed E-state index contributed by atoms with van der Waals surface area (Å²) in [5.41, 5.74) is 4.10. The van der Waals surface area contributed by atoms with Crippen LogP contribution < -0.4 is 4.90 Å². The van der Waals surface area contributed by atoms with Crippen LogP contribution in [-0.4, -0.2) is 58.4 Å². The van der Waals surface area contributed by atoms with Gasteiger partial charge in [0.25, 0.3) is 5.91 Å². The SMILES string of the molecule is CC1=C(C)N2C(=NC3C2C(=O)N(CCc2ccccc2)C(=O)N3C)N1c1ccccc1. The third-order valence-electron chi connectivity index (χ3n) is 6.37. The number of anilines is 1. The third kappa shape index (κ3) is 2.91. The molecular weight excluding hydrogens is 390 g/mol. The van der Waals surface area contributed by atoms with Gasteiger partial charge in [0.2, 0.25) is 5.96 Å². The number of benzene rings is 2. The zero-order valence-corrected chi connectivity index (χ0v) is 17.9. The van der Waals surface area contributed by atoms with E-state index in [4.69, 9.17) is 4.99 Å². The molecule has 0 radical (unpaired) electrons. The maximum Gasteiger partial charge on any atom is 0.328 e. The molecule has 2 aromatic rings. The van der Waals surface area contributed by atoms with E-state index in [1.54, 1.807) is 11.9 Å². The lowest BCUT2D eigenvalue weighted by molar-refractivity contribution is -0.136. The molecule has 3 aliphatic rings. The number of allylic oxidation sites excluding steroid dienone is 2. The van der Waals surface area contributed by atoms with Gasteiger partial charge in [-0.15, -0.1) is 0 Å². The molecule has 3 amide bonds. The van der Waals surface area contributed by atoms with Crippen LogP contribution in [0.2, 0.25) is 0 Å². The Bertz CT molecular complexity index is 1100. The molecular formula is C24H25N5O2. The Hall–Kier alpha value is -3.61. The molecule has 7 nitrogen and oxygen atoms in total. The Morgan fingerprint density at radius 2 is 1.55 bits per heavy atom. The molecule has 0 bridgehead atoms. The molecule has 1 fully saturated rings. The number of guanidine groups is 1. The highest BCUT2D eigenvalue weighted by Crippen LogP contribution is 2.39. The van der Waals surface area contributed by atoms with Crippen molar-refractivity contribution in [1.29, 1.82) is 0 Å². The van der Waals surface area contributed by atoms with Crippen LogP contribution in [0.25, 0.3) is 0 Å². The summed E-state index contributed by atoms with van der Waals surface area (Å²) < 4.78 is 0. The first-order valence-corrected chi connectivity index (χ1v) is 10.5. The van der Waals surface area contributed by atoms with Gasteiger partial charge in [-0.1, -0.05) is 48.5 Å². The topological polar surface area (TPSA) is 59.5 Å². The standard InChI is InChI=1S/C24H25N5O2/c1-16-17(2)29-20-21(25-23(29)28(16)19-12-8-5-9-13-19)26(3)24(31)27(22(20)30)15-14-18-10-6-4-7-11-18/h4-13,20-21H,14-15H2,1-3H3. The van der Waals surface area contributed by atoms with E-state index in [9.17, 15) is 9.59 Å². The summed E-state index contributed by atoms with van der Waals surface area (Å²) in [5.74, 6) is 0.513. The van der Waals surface area contributed by atoms with Crippen LogP contribution in [0.4, 0.5) is 10.5 Å². The number of nitrogens with zero attached hydrogens (tertiary/aromatic N) is 5. The van der Waals surface area contributed by atoms with Crippen LogP contribution in [0.15, 0.2) is 77.1 Å².